The number of benzene rings is 1. The standard InChI is InChI=1S/C24H28N7OS/c1-5-31(11-13-32-12-10-30-9-8-29(4)17-30)20-6-7-22(18(2)14-20)27-28-24-21(15-25)19(3)23(16-26)33-24/h6-9,14,17H,5,10-13H2,1-4H3/q+1. The Hall–Kier alpha value is -3.53. The fraction of sp³-hybridized carbons (Fsp3) is 0.375. The van der Waals surface area contributed by atoms with E-state index in [9.17, 15) is 10.5 Å². The summed E-state index contributed by atoms with van der Waals surface area (Å²) in [6, 6.07) is 10.3. The number of likely N-dealkylation sites (N-methyl/N-ethyl adjacent to an activating group) is 1. The molecule has 170 valence electrons. The van der Waals surface area contributed by atoms with Gasteiger partial charge in [-0.3, -0.25) is 0 Å². The molecule has 0 saturated heterocycles. The molecule has 0 bridgehead atoms. The quantitative estimate of drug-likeness (QED) is 0.248. The van der Waals surface area contributed by atoms with Gasteiger partial charge in [-0.2, -0.15) is 10.5 Å². The fourth-order valence-corrected chi connectivity index (χ4v) is 4.28. The number of hydrogen-bond acceptors (Lipinski definition) is 7. The van der Waals surface area contributed by atoms with Gasteiger partial charge >= 0.3 is 0 Å². The Morgan fingerprint density at radius 2 is 2.00 bits per heavy atom. The number of thiophene rings is 1. The van der Waals surface area contributed by atoms with Crippen LogP contribution in [0.3, 0.4) is 0 Å². The fourth-order valence-electron chi connectivity index (χ4n) is 3.41. The Morgan fingerprint density at radius 3 is 2.64 bits per heavy atom. The number of aromatic nitrogens is 2. The molecule has 3 aromatic rings. The SMILES string of the molecule is CCN(CCOCCn1cc[n+](C)c1)c1ccc(N=Nc2sc(C#N)c(C)c2C#N)c(C)c1. The lowest BCUT2D eigenvalue weighted by Gasteiger charge is -2.23. The first-order chi connectivity index (χ1) is 16.0. The van der Waals surface area contributed by atoms with Crippen LogP contribution in [0.4, 0.5) is 16.4 Å². The molecule has 33 heavy (non-hydrogen) atoms. The van der Waals surface area contributed by atoms with E-state index in [0.29, 0.717) is 34.2 Å². The van der Waals surface area contributed by atoms with Crippen LogP contribution in [0.2, 0.25) is 0 Å². The monoisotopic (exact) mass is 462 g/mol. The van der Waals surface area contributed by atoms with Crippen molar-refractivity contribution in [3.8, 4) is 12.1 Å². The van der Waals surface area contributed by atoms with Gasteiger partial charge < -0.3 is 9.64 Å². The zero-order valence-electron chi connectivity index (χ0n) is 19.4. The molecule has 2 aromatic heterocycles. The normalized spacial score (nSPS) is 11.0. The molecule has 0 aliphatic carbocycles. The Morgan fingerprint density at radius 1 is 1.18 bits per heavy atom. The third kappa shape index (κ3) is 6.04. The van der Waals surface area contributed by atoms with Crippen LogP contribution in [0.5, 0.6) is 0 Å². The highest BCUT2D eigenvalue weighted by molar-refractivity contribution is 7.16. The number of azo groups is 1. The lowest BCUT2D eigenvalue weighted by Crippen LogP contribution is -2.27. The van der Waals surface area contributed by atoms with Crippen LogP contribution >= 0.6 is 11.3 Å². The van der Waals surface area contributed by atoms with Crippen molar-refractivity contribution < 1.29 is 9.30 Å². The average molecular weight is 463 g/mol. The van der Waals surface area contributed by atoms with Crippen molar-refractivity contribution in [2.24, 2.45) is 17.3 Å². The molecular weight excluding hydrogens is 434 g/mol. The van der Waals surface area contributed by atoms with Gasteiger partial charge in [-0.05, 0) is 50.1 Å². The smallest absolute Gasteiger partial charge is 0.243 e. The lowest BCUT2D eigenvalue weighted by atomic mass is 10.1. The summed E-state index contributed by atoms with van der Waals surface area (Å²) in [7, 11) is 2.00. The molecule has 2 heterocycles. The molecule has 0 aliphatic heterocycles. The third-order valence-corrected chi connectivity index (χ3v) is 6.42. The number of aryl methyl sites for hydroxylation is 2. The minimum Gasteiger partial charge on any atom is -0.376 e. The third-order valence-electron chi connectivity index (χ3n) is 5.34. The molecule has 0 saturated carbocycles. The van der Waals surface area contributed by atoms with Crippen molar-refractivity contribution >= 4 is 27.7 Å². The summed E-state index contributed by atoms with van der Waals surface area (Å²) >= 11 is 1.19. The van der Waals surface area contributed by atoms with Crippen LogP contribution in [0.15, 0.2) is 47.1 Å². The van der Waals surface area contributed by atoms with E-state index in [1.165, 1.54) is 11.3 Å². The Bertz CT molecular complexity index is 1210. The van der Waals surface area contributed by atoms with Crippen LogP contribution in [0.1, 0.15) is 28.5 Å². The van der Waals surface area contributed by atoms with Crippen molar-refractivity contribution in [1.82, 2.24) is 4.57 Å². The van der Waals surface area contributed by atoms with E-state index in [1.807, 2.05) is 49.4 Å². The van der Waals surface area contributed by atoms with E-state index in [-0.39, 0.29) is 0 Å². The summed E-state index contributed by atoms with van der Waals surface area (Å²) in [4.78, 5) is 2.76. The van der Waals surface area contributed by atoms with E-state index in [4.69, 9.17) is 4.74 Å². The van der Waals surface area contributed by atoms with Crippen molar-refractivity contribution in [3.05, 3.63) is 58.5 Å². The molecule has 0 amide bonds. The summed E-state index contributed by atoms with van der Waals surface area (Å²) in [5, 5.41) is 27.6. The molecule has 1 aromatic carbocycles. The van der Waals surface area contributed by atoms with E-state index >= 15 is 0 Å². The maximum Gasteiger partial charge on any atom is 0.243 e. The van der Waals surface area contributed by atoms with Crippen molar-refractivity contribution in [2.75, 3.05) is 31.2 Å². The molecule has 3 rings (SSSR count). The molecule has 0 fully saturated rings. The van der Waals surface area contributed by atoms with Crippen LogP contribution < -0.4 is 9.47 Å². The number of ether oxygens (including phenoxy) is 1. The Balaban J connectivity index is 1.60. The molecule has 0 spiro atoms. The molecule has 0 atom stereocenters. The first-order valence-electron chi connectivity index (χ1n) is 10.8. The number of nitrogens with zero attached hydrogens (tertiary/aromatic N) is 7. The van der Waals surface area contributed by atoms with Gasteiger partial charge in [0.25, 0.3) is 0 Å². The van der Waals surface area contributed by atoms with E-state index < -0.39 is 0 Å². The van der Waals surface area contributed by atoms with Gasteiger partial charge in [0, 0.05) is 18.8 Å². The first kappa shape index (κ1) is 24.1. The second-order valence-electron chi connectivity index (χ2n) is 7.64. The van der Waals surface area contributed by atoms with Crippen LogP contribution in [-0.2, 0) is 18.3 Å². The van der Waals surface area contributed by atoms with Crippen molar-refractivity contribution in [2.45, 2.75) is 27.3 Å². The maximum absolute atomic E-state index is 9.38. The highest BCUT2D eigenvalue weighted by Crippen LogP contribution is 2.36. The van der Waals surface area contributed by atoms with E-state index in [1.54, 1.807) is 6.92 Å². The highest BCUT2D eigenvalue weighted by Gasteiger charge is 2.14. The van der Waals surface area contributed by atoms with Gasteiger partial charge in [0.2, 0.25) is 6.33 Å². The van der Waals surface area contributed by atoms with Gasteiger partial charge in [-0.15, -0.1) is 21.6 Å². The van der Waals surface area contributed by atoms with Gasteiger partial charge in [0.1, 0.15) is 36.0 Å². The predicted molar refractivity (Wildman–Crippen MR) is 128 cm³/mol. The summed E-state index contributed by atoms with van der Waals surface area (Å²) in [5.41, 5.74) is 3.90. The number of rotatable bonds is 10. The van der Waals surface area contributed by atoms with Gasteiger partial charge in [0.15, 0.2) is 5.00 Å². The molecule has 0 radical (unpaired) electrons. The van der Waals surface area contributed by atoms with Crippen molar-refractivity contribution in [3.63, 3.8) is 0 Å². The summed E-state index contributed by atoms with van der Waals surface area (Å²) in [6.07, 6.45) is 6.08. The zero-order chi connectivity index (χ0) is 23.8. The molecule has 0 aliphatic rings. The average Bonchev–Trinajstić information content (AvgIpc) is 3.37. The number of hydrogen-bond donors (Lipinski definition) is 0. The second-order valence-corrected chi connectivity index (χ2v) is 8.64. The zero-order valence-corrected chi connectivity index (χ0v) is 20.3. The summed E-state index contributed by atoms with van der Waals surface area (Å²) in [5.74, 6) is 0. The molecular formula is C24H28N7OS+. The molecule has 8 nitrogen and oxygen atoms in total. The topological polar surface area (TPSA) is 93.6 Å². The minimum atomic E-state index is 0.414. The Labute approximate surface area is 198 Å². The van der Waals surface area contributed by atoms with Gasteiger partial charge in [-0.1, -0.05) is 0 Å². The number of anilines is 1. The first-order valence-corrected chi connectivity index (χ1v) is 11.6. The number of nitriles is 2. The second kappa shape index (κ2) is 11.4. The molecule has 9 heteroatoms. The van der Waals surface area contributed by atoms with Crippen molar-refractivity contribution in [1.29, 1.82) is 10.5 Å². The van der Waals surface area contributed by atoms with Crippen LogP contribution in [-0.4, -0.2) is 30.9 Å². The van der Waals surface area contributed by atoms with E-state index in [0.717, 1.165) is 36.6 Å². The van der Waals surface area contributed by atoms with Crippen LogP contribution in [0, 0.1) is 36.5 Å². The molecule has 0 N–H and O–H groups in total. The Kier molecular flexibility index (Phi) is 8.31. The van der Waals surface area contributed by atoms with Gasteiger partial charge in [0.05, 0.1) is 31.5 Å². The maximum atomic E-state index is 9.38. The summed E-state index contributed by atoms with van der Waals surface area (Å²) in [6.45, 7) is 9.70. The van der Waals surface area contributed by atoms with Crippen LogP contribution in [0.25, 0.3) is 0 Å². The number of imidazole rings is 1. The summed E-state index contributed by atoms with van der Waals surface area (Å²) < 4.78 is 9.95. The van der Waals surface area contributed by atoms with E-state index in [2.05, 4.69) is 44.8 Å². The lowest BCUT2D eigenvalue weighted by molar-refractivity contribution is -0.671. The predicted octanol–water partition coefficient (Wildman–Crippen LogP) is 4.69. The molecule has 0 unspecified atom stereocenters. The highest BCUT2D eigenvalue weighted by atomic mass is 32.1. The largest absolute Gasteiger partial charge is 0.376 e. The minimum absolute atomic E-state index is 0.414. The van der Waals surface area contributed by atoms with Gasteiger partial charge in [-0.25, -0.2) is 9.13 Å².